The van der Waals surface area contributed by atoms with Gasteiger partial charge >= 0.3 is 0 Å². The molecule has 35 heavy (non-hydrogen) atoms. The highest BCUT2D eigenvalue weighted by atomic mass is 16.5. The Hall–Kier alpha value is -3.37. The number of carbonyl (C=O) groups excluding carboxylic acids is 1. The first-order valence-corrected chi connectivity index (χ1v) is 12.2. The number of rotatable bonds is 6. The van der Waals surface area contributed by atoms with Gasteiger partial charge in [-0.3, -0.25) is 14.4 Å². The summed E-state index contributed by atoms with van der Waals surface area (Å²) in [4.78, 5) is 28.2. The van der Waals surface area contributed by atoms with Gasteiger partial charge in [0.1, 0.15) is 17.5 Å². The second-order valence-corrected chi connectivity index (χ2v) is 9.87. The number of ether oxygens (including phenoxy) is 1. The summed E-state index contributed by atoms with van der Waals surface area (Å²) in [7, 11) is 0. The van der Waals surface area contributed by atoms with Crippen LogP contribution in [0, 0.1) is 6.92 Å². The maximum Gasteiger partial charge on any atom is 0.222 e. The number of aryl methyl sites for hydroxylation is 1. The van der Waals surface area contributed by atoms with Crippen LogP contribution >= 0.6 is 0 Å². The van der Waals surface area contributed by atoms with Crippen LogP contribution in [0.4, 0.5) is 17.3 Å². The molecule has 6 heterocycles. The molecule has 3 aromatic rings. The van der Waals surface area contributed by atoms with E-state index in [1.54, 1.807) is 6.20 Å². The van der Waals surface area contributed by atoms with Crippen LogP contribution in [0.3, 0.4) is 0 Å². The van der Waals surface area contributed by atoms with E-state index in [0.29, 0.717) is 24.3 Å². The predicted molar refractivity (Wildman–Crippen MR) is 131 cm³/mol. The van der Waals surface area contributed by atoms with Crippen LogP contribution in [0.1, 0.15) is 43.9 Å². The summed E-state index contributed by atoms with van der Waals surface area (Å²) in [5.41, 5.74) is 4.50. The van der Waals surface area contributed by atoms with Crippen molar-refractivity contribution < 1.29 is 9.53 Å². The molecule has 1 saturated carbocycles. The molecule has 1 amide bonds. The SMILES string of the molecule is CCN1CCn2nc(-c3cnc(NC(C)=O)cc3Nc3cc(C)nc(C45COC(C4)C5)n3)cc2C1. The monoisotopic (exact) mass is 474 g/mol. The fourth-order valence-corrected chi connectivity index (χ4v) is 5.31. The molecule has 0 aromatic carbocycles. The van der Waals surface area contributed by atoms with E-state index in [1.807, 2.05) is 19.1 Å². The van der Waals surface area contributed by atoms with Gasteiger partial charge in [-0.15, -0.1) is 0 Å². The highest BCUT2D eigenvalue weighted by molar-refractivity contribution is 5.89. The summed E-state index contributed by atoms with van der Waals surface area (Å²) in [5, 5.41) is 11.1. The number of hydrogen-bond donors (Lipinski definition) is 2. The van der Waals surface area contributed by atoms with Gasteiger partial charge in [0.25, 0.3) is 0 Å². The van der Waals surface area contributed by atoms with Crippen LogP contribution < -0.4 is 10.6 Å². The number of carbonyl (C=O) groups is 1. The quantitative estimate of drug-likeness (QED) is 0.561. The minimum atomic E-state index is -0.173. The van der Waals surface area contributed by atoms with Crippen molar-refractivity contribution in [2.24, 2.45) is 0 Å². The van der Waals surface area contributed by atoms with Crippen LogP contribution in [0.5, 0.6) is 0 Å². The van der Waals surface area contributed by atoms with Gasteiger partial charge < -0.3 is 15.4 Å². The number of fused-ring (bicyclic) bond motifs is 2. The Morgan fingerprint density at radius 3 is 2.80 bits per heavy atom. The largest absolute Gasteiger partial charge is 0.377 e. The Bertz CT molecular complexity index is 1290. The first-order valence-electron chi connectivity index (χ1n) is 12.2. The summed E-state index contributed by atoms with van der Waals surface area (Å²) in [6.07, 6.45) is 4.07. The van der Waals surface area contributed by atoms with Crippen LogP contribution in [0.2, 0.25) is 0 Å². The van der Waals surface area contributed by atoms with Crippen molar-refractivity contribution in [1.82, 2.24) is 29.6 Å². The van der Waals surface area contributed by atoms with Gasteiger partial charge in [-0.1, -0.05) is 6.92 Å². The topological polar surface area (TPSA) is 110 Å². The molecule has 10 nitrogen and oxygen atoms in total. The average molecular weight is 475 g/mol. The molecule has 0 unspecified atom stereocenters. The normalized spacial score (nSPS) is 23.0. The molecule has 0 spiro atoms. The third kappa shape index (κ3) is 4.06. The van der Waals surface area contributed by atoms with Gasteiger partial charge in [0.2, 0.25) is 5.91 Å². The van der Waals surface area contributed by atoms with Gasteiger partial charge in [0.05, 0.1) is 41.7 Å². The average Bonchev–Trinajstić information content (AvgIpc) is 3.52. The van der Waals surface area contributed by atoms with Gasteiger partial charge in [-0.05, 0) is 32.4 Å². The Balaban J connectivity index is 1.37. The highest BCUT2D eigenvalue weighted by Gasteiger charge is 2.55. The van der Waals surface area contributed by atoms with Crippen molar-refractivity contribution in [2.75, 3.05) is 30.3 Å². The number of anilines is 3. The van der Waals surface area contributed by atoms with E-state index >= 15 is 0 Å². The molecule has 3 fully saturated rings. The maximum atomic E-state index is 11.7. The number of likely N-dealkylation sites (N-methyl/N-ethyl adjacent to an activating group) is 1. The zero-order chi connectivity index (χ0) is 24.2. The number of aromatic nitrogens is 5. The van der Waals surface area contributed by atoms with Crippen LogP contribution in [0.25, 0.3) is 11.3 Å². The molecular weight excluding hydrogens is 444 g/mol. The summed E-state index contributed by atoms with van der Waals surface area (Å²) < 4.78 is 7.88. The number of nitrogens with one attached hydrogen (secondary N) is 2. The second kappa shape index (κ2) is 8.39. The summed E-state index contributed by atoms with van der Waals surface area (Å²) in [6.45, 7) is 10.1. The Kier molecular flexibility index (Phi) is 5.30. The van der Waals surface area contributed by atoms with Gasteiger partial charge in [0.15, 0.2) is 0 Å². The molecule has 2 bridgehead atoms. The fraction of sp³-hybridized carbons (Fsp3) is 0.480. The molecule has 10 heteroatoms. The minimum absolute atomic E-state index is 0.0659. The van der Waals surface area contributed by atoms with E-state index in [9.17, 15) is 4.79 Å². The number of amides is 1. The zero-order valence-electron chi connectivity index (χ0n) is 20.3. The third-order valence-electron chi connectivity index (χ3n) is 7.23. The van der Waals surface area contributed by atoms with E-state index in [2.05, 4.69) is 38.2 Å². The second-order valence-electron chi connectivity index (χ2n) is 9.87. The Morgan fingerprint density at radius 1 is 1.20 bits per heavy atom. The van der Waals surface area contributed by atoms with E-state index in [1.165, 1.54) is 12.6 Å². The lowest BCUT2D eigenvalue weighted by molar-refractivity contribution is -0.114. The Morgan fingerprint density at radius 2 is 2.06 bits per heavy atom. The molecule has 182 valence electrons. The molecule has 0 radical (unpaired) electrons. The molecule has 3 aliphatic heterocycles. The van der Waals surface area contributed by atoms with Crippen LogP contribution in [-0.4, -0.2) is 61.3 Å². The van der Waals surface area contributed by atoms with Crippen molar-refractivity contribution in [3.63, 3.8) is 0 Å². The standard InChI is InChI=1S/C25H30N8O2/c1-4-32-5-6-33-17(13-32)8-21(31-33)19-12-26-22(28-16(3)34)9-20(19)29-23-7-15(2)27-24(30-23)25-10-18(11-25)35-14-25/h7-9,12,18H,4-6,10-11,13-14H2,1-3H3,(H2,26,27,28,29,30,34). The Labute approximate surface area is 204 Å². The predicted octanol–water partition coefficient (Wildman–Crippen LogP) is 3.01. The maximum absolute atomic E-state index is 11.7. The lowest BCUT2D eigenvalue weighted by atomic mass is 9.69. The third-order valence-corrected chi connectivity index (χ3v) is 7.23. The summed E-state index contributed by atoms with van der Waals surface area (Å²) in [6, 6.07) is 5.90. The highest BCUT2D eigenvalue weighted by Crippen LogP contribution is 2.50. The van der Waals surface area contributed by atoms with Gasteiger partial charge in [-0.2, -0.15) is 5.10 Å². The lowest BCUT2D eigenvalue weighted by Crippen LogP contribution is -2.39. The molecule has 2 saturated heterocycles. The summed E-state index contributed by atoms with van der Waals surface area (Å²) in [5.74, 6) is 1.84. The molecule has 4 aliphatic rings. The molecule has 3 aromatic heterocycles. The van der Waals surface area contributed by atoms with Crippen molar-refractivity contribution in [3.05, 3.63) is 41.6 Å². The molecule has 0 atom stereocenters. The van der Waals surface area contributed by atoms with Gasteiger partial charge in [0, 0.05) is 49.6 Å². The van der Waals surface area contributed by atoms with Crippen LogP contribution in [-0.2, 0) is 28.0 Å². The minimum Gasteiger partial charge on any atom is -0.377 e. The zero-order valence-corrected chi connectivity index (χ0v) is 20.3. The van der Waals surface area contributed by atoms with E-state index in [4.69, 9.17) is 19.8 Å². The molecule has 7 rings (SSSR count). The number of hydrogen-bond acceptors (Lipinski definition) is 8. The van der Waals surface area contributed by atoms with Crippen molar-refractivity contribution in [3.8, 4) is 11.3 Å². The smallest absolute Gasteiger partial charge is 0.222 e. The van der Waals surface area contributed by atoms with E-state index < -0.39 is 0 Å². The van der Waals surface area contributed by atoms with E-state index in [0.717, 1.165) is 67.5 Å². The fourth-order valence-electron chi connectivity index (χ4n) is 5.31. The molecule has 1 aliphatic carbocycles. The van der Waals surface area contributed by atoms with Gasteiger partial charge in [-0.25, -0.2) is 15.0 Å². The number of pyridine rings is 1. The van der Waals surface area contributed by atoms with Crippen molar-refractivity contribution in [2.45, 2.75) is 58.2 Å². The lowest BCUT2D eigenvalue weighted by Gasteiger charge is -2.33. The van der Waals surface area contributed by atoms with Crippen molar-refractivity contribution >= 4 is 23.2 Å². The van der Waals surface area contributed by atoms with Crippen molar-refractivity contribution in [1.29, 1.82) is 0 Å². The van der Waals surface area contributed by atoms with E-state index in [-0.39, 0.29) is 11.3 Å². The first kappa shape index (κ1) is 22.1. The van der Waals surface area contributed by atoms with Crippen LogP contribution in [0.15, 0.2) is 24.4 Å². The first-order chi connectivity index (χ1) is 16.9. The number of nitrogens with zero attached hydrogens (tertiary/aromatic N) is 6. The molecular formula is C25H30N8O2. The summed E-state index contributed by atoms with van der Waals surface area (Å²) >= 11 is 0. The molecule has 2 N–H and O–H groups in total.